The summed E-state index contributed by atoms with van der Waals surface area (Å²) in [5, 5.41) is 12.5. The molecule has 1 N–H and O–H groups in total. The molecule has 0 spiro atoms. The van der Waals surface area contributed by atoms with Gasteiger partial charge in [-0.05, 0) is 116 Å². The van der Waals surface area contributed by atoms with Crippen LogP contribution in [0.1, 0.15) is 115 Å². The van der Waals surface area contributed by atoms with Gasteiger partial charge in [-0.25, -0.2) is 4.98 Å². The highest BCUT2D eigenvalue weighted by Crippen LogP contribution is 2.46. The monoisotopic (exact) mass is 820 g/mol. The van der Waals surface area contributed by atoms with Crippen LogP contribution in [-0.2, 0) is 16.2 Å². The lowest BCUT2D eigenvalue weighted by Crippen LogP contribution is -2.17. The van der Waals surface area contributed by atoms with Gasteiger partial charge in [-0.1, -0.05) is 167 Å². The molecule has 0 unspecified atom stereocenters. The molecule has 314 valence electrons. The molecular weight excluding hydrogens is 755 g/mol. The number of nitrogens with zero attached hydrogens (tertiary/aromatic N) is 3. The van der Waals surface area contributed by atoms with Gasteiger partial charge in [0, 0.05) is 33.9 Å². The maximum atomic E-state index is 12.5. The second-order valence-corrected chi connectivity index (χ2v) is 20.0. The Balaban J connectivity index is 1.43. The molecule has 0 bridgehead atoms. The van der Waals surface area contributed by atoms with E-state index in [1.165, 1.54) is 0 Å². The zero-order chi connectivity index (χ0) is 47.7. The van der Waals surface area contributed by atoms with Crippen LogP contribution in [-0.4, -0.2) is 19.6 Å². The number of phenolic OH excluding ortho intramolecular Hbond substituents is 1. The number of pyridine rings is 1. The molecule has 0 radical (unpaired) electrons. The molecular formula is C58H61N3O. The zero-order valence-corrected chi connectivity index (χ0v) is 38.1. The molecule has 8 aromatic rings. The lowest BCUT2D eigenvalue weighted by Gasteiger charge is -2.27. The maximum absolute atomic E-state index is 12.5. The average Bonchev–Trinajstić information content (AvgIpc) is 3.64. The van der Waals surface area contributed by atoms with Gasteiger partial charge in [0.05, 0.1) is 28.0 Å². The van der Waals surface area contributed by atoms with Crippen LogP contribution in [0.2, 0.25) is 0 Å². The minimum atomic E-state index is -2.33. The first kappa shape index (κ1) is 37.5. The van der Waals surface area contributed by atoms with E-state index in [2.05, 4.69) is 134 Å². The van der Waals surface area contributed by atoms with Gasteiger partial charge < -0.3 is 5.11 Å². The minimum absolute atomic E-state index is 0.162. The zero-order valence-electron chi connectivity index (χ0n) is 42.1. The van der Waals surface area contributed by atoms with Crippen molar-refractivity contribution in [3.05, 3.63) is 167 Å². The Hall–Kier alpha value is -6.26. The van der Waals surface area contributed by atoms with Crippen LogP contribution < -0.4 is 0 Å². The SMILES string of the molecule is [2H]C([2H])([2H])c1ccc(-n2c(-c3cc(C(C)(C)C)cc(C(C)(C)C)c3O)nc3c(-c4cc(-c5cc(-c6ccc(C([2H])(C)C)cc6)ccn5)cc(C(C)(C)C)c4)cccc32)c(-c2ccccc2)c1. The molecule has 0 atom stereocenters. The predicted molar refractivity (Wildman–Crippen MR) is 263 cm³/mol. The lowest BCUT2D eigenvalue weighted by atomic mass is 9.79. The number of fused-ring (bicyclic) bond motifs is 1. The third kappa shape index (κ3) is 8.23. The molecule has 0 aliphatic carbocycles. The molecule has 0 aliphatic heterocycles. The summed E-state index contributed by atoms with van der Waals surface area (Å²) in [6.07, 6.45) is 1.86. The number of aromatic hydroxyl groups is 1. The molecule has 0 saturated carbocycles. The van der Waals surface area contributed by atoms with Crippen molar-refractivity contribution in [1.82, 2.24) is 14.5 Å². The van der Waals surface area contributed by atoms with Gasteiger partial charge in [0.1, 0.15) is 11.6 Å². The molecule has 6 aromatic carbocycles. The number of phenols is 1. The molecule has 4 heteroatoms. The van der Waals surface area contributed by atoms with Crippen molar-refractivity contribution in [3.8, 4) is 67.5 Å². The summed E-state index contributed by atoms with van der Waals surface area (Å²) in [6.45, 7) is 21.0. The minimum Gasteiger partial charge on any atom is -0.507 e. The number of rotatable bonds is 7. The van der Waals surface area contributed by atoms with E-state index in [0.29, 0.717) is 11.4 Å². The summed E-state index contributed by atoms with van der Waals surface area (Å²) in [7, 11) is 0. The van der Waals surface area contributed by atoms with E-state index in [1.807, 2.05) is 74.6 Å². The van der Waals surface area contributed by atoms with Gasteiger partial charge in [-0.3, -0.25) is 9.55 Å². The van der Waals surface area contributed by atoms with Crippen LogP contribution in [0.4, 0.5) is 0 Å². The Morgan fingerprint density at radius 1 is 0.581 bits per heavy atom. The third-order valence-corrected chi connectivity index (χ3v) is 12.0. The average molecular weight is 820 g/mol. The highest BCUT2D eigenvalue weighted by atomic mass is 16.3. The molecule has 8 rings (SSSR count). The van der Waals surface area contributed by atoms with Gasteiger partial charge in [0.25, 0.3) is 0 Å². The van der Waals surface area contributed by atoms with Crippen LogP contribution in [0.25, 0.3) is 72.7 Å². The molecule has 2 aromatic heterocycles. The fourth-order valence-corrected chi connectivity index (χ4v) is 8.27. The fourth-order valence-electron chi connectivity index (χ4n) is 8.27. The summed E-state index contributed by atoms with van der Waals surface area (Å²) in [4.78, 5) is 10.5. The first-order valence-corrected chi connectivity index (χ1v) is 21.6. The van der Waals surface area contributed by atoms with Crippen molar-refractivity contribution < 1.29 is 10.6 Å². The summed E-state index contributed by atoms with van der Waals surface area (Å²) in [5.74, 6) is 0.0214. The summed E-state index contributed by atoms with van der Waals surface area (Å²) in [6, 6.07) is 44.7. The van der Waals surface area contributed by atoms with Gasteiger partial charge >= 0.3 is 0 Å². The first-order chi connectivity index (χ1) is 30.8. The van der Waals surface area contributed by atoms with Crippen LogP contribution in [0.3, 0.4) is 0 Å². The first-order valence-electron chi connectivity index (χ1n) is 23.6. The van der Waals surface area contributed by atoms with Crippen LogP contribution in [0.15, 0.2) is 140 Å². The summed E-state index contributed by atoms with van der Waals surface area (Å²) >= 11 is 0. The van der Waals surface area contributed by atoms with E-state index in [1.54, 1.807) is 12.1 Å². The van der Waals surface area contributed by atoms with E-state index >= 15 is 0 Å². The highest BCUT2D eigenvalue weighted by molar-refractivity contribution is 5.98. The van der Waals surface area contributed by atoms with E-state index in [-0.39, 0.29) is 22.1 Å². The number of benzene rings is 6. The van der Waals surface area contributed by atoms with Gasteiger partial charge in [0.15, 0.2) is 0 Å². The lowest BCUT2D eigenvalue weighted by molar-refractivity contribution is 0.446. The normalized spacial score (nSPS) is 13.7. The second kappa shape index (κ2) is 15.9. The largest absolute Gasteiger partial charge is 0.507 e. The van der Waals surface area contributed by atoms with Gasteiger partial charge in [-0.2, -0.15) is 0 Å². The Bertz CT molecular complexity index is 3100. The topological polar surface area (TPSA) is 50.9 Å². The maximum Gasteiger partial charge on any atom is 0.149 e. The number of hydrogen-bond acceptors (Lipinski definition) is 3. The Kier molecular flexibility index (Phi) is 9.61. The van der Waals surface area contributed by atoms with Crippen molar-refractivity contribution in [3.63, 3.8) is 0 Å². The molecule has 0 aliphatic rings. The van der Waals surface area contributed by atoms with Crippen molar-refractivity contribution in [2.75, 3.05) is 0 Å². The van der Waals surface area contributed by atoms with E-state index in [0.717, 1.165) is 83.6 Å². The molecule has 0 fully saturated rings. The molecule has 0 saturated heterocycles. The van der Waals surface area contributed by atoms with Crippen molar-refractivity contribution >= 4 is 11.0 Å². The number of aromatic nitrogens is 3. The van der Waals surface area contributed by atoms with Crippen LogP contribution in [0.5, 0.6) is 5.75 Å². The second-order valence-electron chi connectivity index (χ2n) is 20.0. The van der Waals surface area contributed by atoms with Crippen molar-refractivity contribution in [2.24, 2.45) is 0 Å². The molecule has 0 amide bonds. The number of hydrogen-bond donors (Lipinski definition) is 1. The van der Waals surface area contributed by atoms with E-state index < -0.39 is 18.2 Å². The quantitative estimate of drug-likeness (QED) is 0.174. The van der Waals surface area contributed by atoms with Crippen LogP contribution in [0, 0.1) is 6.85 Å². The Labute approximate surface area is 375 Å². The molecule has 2 heterocycles. The standard InChI is InChI=1S/C58H61N3O/c1-36(2)38-22-24-39(25-23-38)41-27-28-59-50(33-41)43-30-42(31-44(32-43)56(4,5)6)46-19-16-20-52-53(46)60-55(48-34-45(57(7,8)9)35-49(54(48)62)58(10,11)12)61(52)51-26-21-37(3)29-47(51)40-17-14-13-15-18-40/h13-36,62H,1-12H3/i3D3,36D. The highest BCUT2D eigenvalue weighted by Gasteiger charge is 2.29. The summed E-state index contributed by atoms with van der Waals surface area (Å²) < 4.78 is 35.8. The molecule has 4 nitrogen and oxygen atoms in total. The van der Waals surface area contributed by atoms with Gasteiger partial charge in [-0.15, -0.1) is 0 Å². The smallest absolute Gasteiger partial charge is 0.149 e. The number of para-hydroxylation sites is 1. The van der Waals surface area contributed by atoms with Crippen LogP contribution >= 0.6 is 0 Å². The van der Waals surface area contributed by atoms with E-state index in [9.17, 15) is 5.11 Å². The number of imidazole rings is 1. The van der Waals surface area contributed by atoms with Crippen molar-refractivity contribution in [2.45, 2.75) is 105 Å². The number of aryl methyl sites for hydroxylation is 1. The Morgan fingerprint density at radius 2 is 1.27 bits per heavy atom. The summed E-state index contributed by atoms with van der Waals surface area (Å²) in [5.41, 5.74) is 13.6. The fraction of sp³-hybridized carbons (Fsp3) is 0.276. The third-order valence-electron chi connectivity index (χ3n) is 12.0. The predicted octanol–water partition coefficient (Wildman–Crippen LogP) is 15.8. The van der Waals surface area contributed by atoms with Gasteiger partial charge in [0.2, 0.25) is 0 Å². The van der Waals surface area contributed by atoms with Crippen molar-refractivity contribution in [1.29, 1.82) is 0 Å². The van der Waals surface area contributed by atoms with E-state index in [4.69, 9.17) is 15.5 Å². The molecule has 62 heavy (non-hydrogen) atoms. The Morgan fingerprint density at radius 3 is 1.94 bits per heavy atom.